The molecule has 180 valence electrons. The number of pyridine rings is 1. The molecule has 0 saturated heterocycles. The van der Waals surface area contributed by atoms with Crippen LogP contribution >= 0.6 is 0 Å². The van der Waals surface area contributed by atoms with Crippen LogP contribution in [0.25, 0.3) is 0 Å². The molecule has 8 heteroatoms. The van der Waals surface area contributed by atoms with Crippen molar-refractivity contribution in [1.82, 2.24) is 4.98 Å². The van der Waals surface area contributed by atoms with E-state index in [0.29, 0.717) is 47.1 Å². The molecule has 4 rings (SSSR count). The van der Waals surface area contributed by atoms with Gasteiger partial charge < -0.3 is 14.8 Å². The van der Waals surface area contributed by atoms with E-state index < -0.39 is 11.6 Å². The van der Waals surface area contributed by atoms with Gasteiger partial charge in [-0.05, 0) is 56.7 Å². The van der Waals surface area contributed by atoms with Crippen LogP contribution in [-0.2, 0) is 11.2 Å². The molecule has 8 nitrogen and oxygen atoms in total. The Balaban J connectivity index is 1.43. The van der Waals surface area contributed by atoms with E-state index in [1.807, 2.05) is 18.2 Å². The maximum atomic E-state index is 12.8. The van der Waals surface area contributed by atoms with Crippen molar-refractivity contribution in [2.24, 2.45) is 0 Å². The number of amides is 2. The molecular weight excluding hydrogens is 446 g/mol. The van der Waals surface area contributed by atoms with Crippen LogP contribution in [0.5, 0.6) is 5.75 Å². The Bertz CT molecular complexity index is 1230. The predicted molar refractivity (Wildman–Crippen MR) is 132 cm³/mol. The third-order valence-electron chi connectivity index (χ3n) is 5.19. The largest absolute Gasteiger partial charge is 0.488 e. The van der Waals surface area contributed by atoms with Crippen LogP contribution in [0, 0.1) is 0 Å². The van der Waals surface area contributed by atoms with E-state index in [1.165, 1.54) is 4.90 Å². The van der Waals surface area contributed by atoms with Crippen molar-refractivity contribution in [2.45, 2.75) is 32.8 Å². The van der Waals surface area contributed by atoms with Crippen molar-refractivity contribution in [2.75, 3.05) is 23.4 Å². The van der Waals surface area contributed by atoms with Gasteiger partial charge in [-0.15, -0.1) is 0 Å². The molecule has 0 spiro atoms. The summed E-state index contributed by atoms with van der Waals surface area (Å²) in [4.78, 5) is 43.7. The normalized spacial score (nSPS) is 12.8. The second-order valence-corrected chi connectivity index (χ2v) is 9.14. The number of benzene rings is 2. The number of carbonyl (C=O) groups is 3. The number of ketones is 1. The Morgan fingerprint density at radius 3 is 2.40 bits per heavy atom. The zero-order valence-electron chi connectivity index (χ0n) is 19.9. The third kappa shape index (κ3) is 6.03. The highest BCUT2D eigenvalue weighted by atomic mass is 16.6. The molecule has 0 radical (unpaired) electrons. The molecule has 35 heavy (non-hydrogen) atoms. The van der Waals surface area contributed by atoms with E-state index in [9.17, 15) is 14.4 Å². The first kappa shape index (κ1) is 23.9. The average molecular weight is 474 g/mol. The molecule has 1 aromatic heterocycles. The first-order valence-corrected chi connectivity index (χ1v) is 11.3. The van der Waals surface area contributed by atoms with Crippen molar-refractivity contribution in [3.63, 3.8) is 0 Å². The Labute approximate surface area is 203 Å². The molecule has 0 unspecified atom stereocenters. The molecule has 2 amide bonds. The van der Waals surface area contributed by atoms with E-state index in [1.54, 1.807) is 69.4 Å². The number of nitrogens with zero attached hydrogens (tertiary/aromatic N) is 2. The van der Waals surface area contributed by atoms with Gasteiger partial charge in [-0.1, -0.05) is 30.3 Å². The topological polar surface area (TPSA) is 97.8 Å². The summed E-state index contributed by atoms with van der Waals surface area (Å²) in [5.41, 5.74) is 1.61. The van der Waals surface area contributed by atoms with Crippen molar-refractivity contribution in [3.8, 4) is 5.75 Å². The predicted octanol–water partition coefficient (Wildman–Crippen LogP) is 4.89. The Morgan fingerprint density at radius 2 is 1.71 bits per heavy atom. The number of ether oxygens (including phenoxy) is 2. The SMILES string of the molecule is CC(C)(C)OC(=O)c1ccc(C(=O)Cc2cnc3c(c2)OCCN3C(=O)Nc2ccccc2)cc1. The third-order valence-corrected chi connectivity index (χ3v) is 5.19. The number of urea groups is 1. The fourth-order valence-corrected chi connectivity index (χ4v) is 3.56. The number of aromatic nitrogens is 1. The second kappa shape index (κ2) is 9.97. The van der Waals surface area contributed by atoms with Crippen LogP contribution in [0.2, 0.25) is 0 Å². The van der Waals surface area contributed by atoms with Crippen molar-refractivity contribution in [1.29, 1.82) is 0 Å². The number of carbonyl (C=O) groups excluding carboxylic acids is 3. The van der Waals surface area contributed by atoms with Crippen molar-refractivity contribution >= 4 is 29.3 Å². The zero-order chi connectivity index (χ0) is 25.0. The molecule has 0 saturated carbocycles. The summed E-state index contributed by atoms with van der Waals surface area (Å²) < 4.78 is 11.1. The highest BCUT2D eigenvalue weighted by Crippen LogP contribution is 2.31. The van der Waals surface area contributed by atoms with E-state index >= 15 is 0 Å². The maximum Gasteiger partial charge on any atom is 0.338 e. The van der Waals surface area contributed by atoms with Crippen molar-refractivity contribution < 1.29 is 23.9 Å². The minimum atomic E-state index is -0.592. The second-order valence-electron chi connectivity index (χ2n) is 9.14. The summed E-state index contributed by atoms with van der Waals surface area (Å²) in [5, 5.41) is 2.85. The molecule has 0 atom stereocenters. The van der Waals surface area contributed by atoms with Gasteiger partial charge in [-0.3, -0.25) is 9.69 Å². The summed E-state index contributed by atoms with van der Waals surface area (Å²) in [6.07, 6.45) is 1.68. The van der Waals surface area contributed by atoms with E-state index in [4.69, 9.17) is 9.47 Å². The van der Waals surface area contributed by atoms with Gasteiger partial charge in [0.25, 0.3) is 0 Å². The van der Waals surface area contributed by atoms with Crippen LogP contribution in [-0.4, -0.2) is 41.5 Å². The number of Topliss-reactive ketones (excluding diaryl/α,β-unsaturated/α-hetero) is 1. The lowest BCUT2D eigenvalue weighted by Crippen LogP contribution is -2.41. The van der Waals surface area contributed by atoms with Crippen LogP contribution in [0.3, 0.4) is 0 Å². The molecule has 1 N–H and O–H groups in total. The van der Waals surface area contributed by atoms with Gasteiger partial charge >= 0.3 is 12.0 Å². The first-order valence-electron chi connectivity index (χ1n) is 11.3. The Morgan fingerprint density at radius 1 is 1.03 bits per heavy atom. The van der Waals surface area contributed by atoms with E-state index in [-0.39, 0.29) is 18.2 Å². The van der Waals surface area contributed by atoms with Gasteiger partial charge in [-0.25, -0.2) is 14.6 Å². The maximum absolute atomic E-state index is 12.8. The summed E-state index contributed by atoms with van der Waals surface area (Å²) in [6.45, 7) is 6.08. The van der Waals surface area contributed by atoms with Crippen molar-refractivity contribution in [3.05, 3.63) is 83.6 Å². The summed E-state index contributed by atoms with van der Waals surface area (Å²) >= 11 is 0. The number of fused-ring (bicyclic) bond motifs is 1. The Hall–Kier alpha value is -4.20. The van der Waals surface area contributed by atoms with Gasteiger partial charge in [0, 0.05) is 23.9 Å². The van der Waals surface area contributed by atoms with Gasteiger partial charge in [0.05, 0.1) is 12.1 Å². The molecule has 0 aliphatic carbocycles. The van der Waals surface area contributed by atoms with Crippen LogP contribution < -0.4 is 15.0 Å². The first-order chi connectivity index (χ1) is 16.7. The molecule has 1 aliphatic rings. The smallest absolute Gasteiger partial charge is 0.338 e. The fourth-order valence-electron chi connectivity index (χ4n) is 3.56. The monoisotopic (exact) mass is 473 g/mol. The molecule has 3 aromatic rings. The average Bonchev–Trinajstić information content (AvgIpc) is 2.83. The number of anilines is 2. The van der Waals surface area contributed by atoms with Crippen LogP contribution in [0.4, 0.5) is 16.3 Å². The molecular formula is C27H27N3O5. The molecule has 1 aliphatic heterocycles. The lowest BCUT2D eigenvalue weighted by molar-refractivity contribution is 0.00693. The minimum absolute atomic E-state index is 0.103. The number of nitrogens with one attached hydrogen (secondary N) is 1. The van der Waals surface area contributed by atoms with E-state index in [2.05, 4.69) is 10.3 Å². The lowest BCUT2D eigenvalue weighted by atomic mass is 10.0. The van der Waals surface area contributed by atoms with Crippen LogP contribution in [0.1, 0.15) is 47.1 Å². The van der Waals surface area contributed by atoms with Gasteiger partial charge in [0.15, 0.2) is 17.4 Å². The molecule has 2 heterocycles. The molecule has 0 fully saturated rings. The standard InChI is InChI=1S/C27H27N3O5/c1-27(2,3)35-25(32)20-11-9-19(10-12-20)22(31)15-18-16-23-24(28-17-18)30(13-14-34-23)26(33)29-21-7-5-4-6-8-21/h4-12,16-17H,13-15H2,1-3H3,(H,29,33). The van der Waals surface area contributed by atoms with Gasteiger partial charge in [-0.2, -0.15) is 0 Å². The summed E-state index contributed by atoms with van der Waals surface area (Å²) in [5.74, 6) is 0.290. The minimum Gasteiger partial charge on any atom is -0.488 e. The summed E-state index contributed by atoms with van der Waals surface area (Å²) in [6, 6.07) is 17.0. The molecule has 2 aromatic carbocycles. The highest BCUT2D eigenvalue weighted by Gasteiger charge is 2.26. The number of hydrogen-bond donors (Lipinski definition) is 1. The highest BCUT2D eigenvalue weighted by molar-refractivity contribution is 6.02. The zero-order valence-corrected chi connectivity index (χ0v) is 19.9. The van der Waals surface area contributed by atoms with E-state index in [0.717, 1.165) is 0 Å². The number of rotatable bonds is 5. The van der Waals surface area contributed by atoms with Gasteiger partial charge in [0.1, 0.15) is 12.2 Å². The quantitative estimate of drug-likeness (QED) is 0.418. The fraction of sp³-hybridized carbons (Fsp3) is 0.259. The van der Waals surface area contributed by atoms with Crippen LogP contribution in [0.15, 0.2) is 66.9 Å². The van der Waals surface area contributed by atoms with Gasteiger partial charge in [0.2, 0.25) is 0 Å². The number of esters is 1. The summed E-state index contributed by atoms with van der Waals surface area (Å²) in [7, 11) is 0. The lowest BCUT2D eigenvalue weighted by Gasteiger charge is -2.28. The number of hydrogen-bond acceptors (Lipinski definition) is 6. The Kier molecular flexibility index (Phi) is 6.82. The number of para-hydroxylation sites is 1. The molecule has 0 bridgehead atoms.